The third-order valence-corrected chi connectivity index (χ3v) is 6.93. The molecule has 10 heteroatoms. The second-order valence-electron chi connectivity index (χ2n) is 7.32. The molecular weight excluding hydrogens is 444 g/mol. The van der Waals surface area contributed by atoms with E-state index in [2.05, 4.69) is 20.8 Å². The van der Waals surface area contributed by atoms with E-state index in [-0.39, 0.29) is 11.9 Å². The van der Waals surface area contributed by atoms with Crippen molar-refractivity contribution in [1.82, 2.24) is 20.0 Å². The lowest BCUT2D eigenvalue weighted by molar-refractivity contribution is -0.129. The van der Waals surface area contributed by atoms with E-state index in [1.807, 2.05) is 61.5 Å². The summed E-state index contributed by atoms with van der Waals surface area (Å²) in [6.07, 6.45) is 0. The maximum atomic E-state index is 12.6. The second-order valence-corrected chi connectivity index (χ2v) is 9.52. The molecule has 32 heavy (non-hydrogen) atoms. The van der Waals surface area contributed by atoms with Gasteiger partial charge in [0.05, 0.1) is 5.75 Å². The van der Waals surface area contributed by atoms with Crippen molar-refractivity contribution in [1.29, 1.82) is 0 Å². The summed E-state index contributed by atoms with van der Waals surface area (Å²) in [5, 5.41) is 15.1. The molecule has 0 saturated carbocycles. The topological polar surface area (TPSA) is 90.5 Å². The molecule has 0 aliphatic carbocycles. The Bertz CT molecular complexity index is 1050. The Kier molecular flexibility index (Phi) is 7.23. The van der Waals surface area contributed by atoms with E-state index in [4.69, 9.17) is 0 Å². The summed E-state index contributed by atoms with van der Waals surface area (Å²) in [5.74, 6) is 0.344. The fraction of sp³-hybridized carbons (Fsp3) is 0.273. The zero-order valence-corrected chi connectivity index (χ0v) is 19.3. The lowest BCUT2D eigenvalue weighted by atomic mass is 10.2. The molecule has 0 radical (unpaired) electrons. The van der Waals surface area contributed by atoms with Crippen molar-refractivity contribution in [3.8, 4) is 0 Å². The zero-order valence-electron chi connectivity index (χ0n) is 17.7. The van der Waals surface area contributed by atoms with Crippen LogP contribution in [0.25, 0.3) is 0 Å². The number of aromatic nitrogens is 2. The lowest BCUT2D eigenvalue weighted by Crippen LogP contribution is -2.52. The maximum Gasteiger partial charge on any atom is 0.321 e. The molecule has 2 aromatic carbocycles. The van der Waals surface area contributed by atoms with Crippen molar-refractivity contribution in [2.45, 2.75) is 11.3 Å². The number of carbonyl (C=O) groups is 2. The molecule has 0 atom stereocenters. The van der Waals surface area contributed by atoms with Crippen molar-refractivity contribution in [2.24, 2.45) is 0 Å². The van der Waals surface area contributed by atoms with Gasteiger partial charge < -0.3 is 20.4 Å². The van der Waals surface area contributed by atoms with Crippen LogP contribution in [0.4, 0.5) is 21.3 Å². The van der Waals surface area contributed by atoms with Crippen LogP contribution in [0.2, 0.25) is 0 Å². The Labute approximate surface area is 195 Å². The Morgan fingerprint density at radius 2 is 1.62 bits per heavy atom. The molecule has 1 saturated heterocycles. The van der Waals surface area contributed by atoms with E-state index in [1.165, 1.54) is 28.7 Å². The molecule has 1 aliphatic rings. The predicted molar refractivity (Wildman–Crippen MR) is 129 cm³/mol. The van der Waals surface area contributed by atoms with Gasteiger partial charge in [-0.2, -0.15) is 0 Å². The van der Waals surface area contributed by atoms with E-state index in [0.29, 0.717) is 37.1 Å². The van der Waals surface area contributed by atoms with Gasteiger partial charge in [0.2, 0.25) is 11.0 Å². The molecule has 166 valence electrons. The zero-order chi connectivity index (χ0) is 22.3. The predicted octanol–water partition coefficient (Wildman–Crippen LogP) is 4.06. The van der Waals surface area contributed by atoms with Gasteiger partial charge in [0.25, 0.3) is 0 Å². The Morgan fingerprint density at radius 3 is 2.34 bits per heavy atom. The molecule has 1 aromatic heterocycles. The molecular formula is C22H24N6O2S2. The van der Waals surface area contributed by atoms with Crippen LogP contribution < -0.4 is 10.6 Å². The fourth-order valence-corrected chi connectivity index (χ4v) is 4.85. The third-order valence-electron chi connectivity index (χ3n) is 4.97. The number of aryl methyl sites for hydroxylation is 1. The first kappa shape index (κ1) is 22.1. The van der Waals surface area contributed by atoms with Crippen molar-refractivity contribution in [2.75, 3.05) is 42.6 Å². The highest BCUT2D eigenvalue weighted by atomic mass is 32.2. The highest BCUT2D eigenvalue weighted by Crippen LogP contribution is 2.28. The molecule has 0 unspecified atom stereocenters. The summed E-state index contributed by atoms with van der Waals surface area (Å²) in [7, 11) is 0. The third kappa shape index (κ3) is 5.98. The van der Waals surface area contributed by atoms with Crippen molar-refractivity contribution in [3.05, 3.63) is 60.2 Å². The molecule has 0 bridgehead atoms. The number of urea groups is 1. The van der Waals surface area contributed by atoms with Crippen LogP contribution in [-0.2, 0) is 4.79 Å². The first-order valence-corrected chi connectivity index (χ1v) is 12.1. The number of hydrogen-bond donors (Lipinski definition) is 2. The van der Waals surface area contributed by atoms with Crippen LogP contribution in [-0.4, -0.2) is 63.9 Å². The highest BCUT2D eigenvalue weighted by Gasteiger charge is 2.24. The van der Waals surface area contributed by atoms with Gasteiger partial charge in [-0.15, -0.1) is 10.2 Å². The van der Waals surface area contributed by atoms with Gasteiger partial charge in [-0.05, 0) is 31.2 Å². The quantitative estimate of drug-likeness (QED) is 0.530. The van der Waals surface area contributed by atoms with E-state index >= 15 is 0 Å². The smallest absolute Gasteiger partial charge is 0.321 e. The van der Waals surface area contributed by atoms with Crippen molar-refractivity contribution in [3.63, 3.8) is 0 Å². The SMILES string of the molecule is Cc1ccc(Nc2nnc(SCC(=O)N3CCN(C(=O)Nc4ccccc4)CC3)s2)cc1. The summed E-state index contributed by atoms with van der Waals surface area (Å²) in [5.41, 5.74) is 2.91. The number of piperazine rings is 1. The Balaban J connectivity index is 1.20. The fourth-order valence-electron chi connectivity index (χ4n) is 3.18. The Morgan fingerprint density at radius 1 is 0.938 bits per heavy atom. The number of nitrogens with one attached hydrogen (secondary N) is 2. The van der Waals surface area contributed by atoms with Crippen LogP contribution in [0.1, 0.15) is 5.56 Å². The number of carbonyl (C=O) groups excluding carboxylic acids is 2. The molecule has 2 heterocycles. The largest absolute Gasteiger partial charge is 0.338 e. The molecule has 0 spiro atoms. The number of anilines is 3. The lowest BCUT2D eigenvalue weighted by Gasteiger charge is -2.34. The molecule has 3 amide bonds. The van der Waals surface area contributed by atoms with Gasteiger partial charge in [0.1, 0.15) is 0 Å². The second kappa shape index (κ2) is 10.5. The van der Waals surface area contributed by atoms with Crippen LogP contribution >= 0.6 is 23.1 Å². The minimum Gasteiger partial charge on any atom is -0.338 e. The van der Waals surface area contributed by atoms with Crippen LogP contribution in [0, 0.1) is 6.92 Å². The molecule has 1 aliphatic heterocycles. The van der Waals surface area contributed by atoms with E-state index in [9.17, 15) is 9.59 Å². The van der Waals surface area contributed by atoms with Crippen LogP contribution in [0.15, 0.2) is 58.9 Å². The average molecular weight is 469 g/mol. The van der Waals surface area contributed by atoms with Gasteiger partial charge in [-0.25, -0.2) is 4.79 Å². The van der Waals surface area contributed by atoms with E-state index in [1.54, 1.807) is 9.80 Å². The first-order chi connectivity index (χ1) is 15.6. The first-order valence-electron chi connectivity index (χ1n) is 10.3. The minimum absolute atomic E-state index is 0.0429. The molecule has 2 N–H and O–H groups in total. The highest BCUT2D eigenvalue weighted by molar-refractivity contribution is 8.01. The minimum atomic E-state index is -0.139. The van der Waals surface area contributed by atoms with Crippen molar-refractivity contribution >= 4 is 51.5 Å². The summed E-state index contributed by atoms with van der Waals surface area (Å²) in [6.45, 7) is 4.12. The number of rotatable bonds is 6. The van der Waals surface area contributed by atoms with Gasteiger partial charge in [0, 0.05) is 37.6 Å². The summed E-state index contributed by atoms with van der Waals surface area (Å²) in [4.78, 5) is 28.5. The van der Waals surface area contributed by atoms with E-state index in [0.717, 1.165) is 15.7 Å². The number of para-hydroxylation sites is 1. The monoisotopic (exact) mass is 468 g/mol. The molecule has 4 rings (SSSR count). The standard InChI is InChI=1S/C22H24N6O2S2/c1-16-7-9-18(10-8-16)23-20-25-26-22(32-20)31-15-19(29)27-11-13-28(14-12-27)21(30)24-17-5-3-2-4-6-17/h2-10H,11-15H2,1H3,(H,23,25)(H,24,30). The number of nitrogens with zero attached hydrogens (tertiary/aromatic N) is 4. The maximum absolute atomic E-state index is 12.6. The number of thioether (sulfide) groups is 1. The number of hydrogen-bond acceptors (Lipinski definition) is 7. The summed E-state index contributed by atoms with van der Waals surface area (Å²) in [6, 6.07) is 17.3. The summed E-state index contributed by atoms with van der Waals surface area (Å²) >= 11 is 2.81. The van der Waals surface area contributed by atoms with Gasteiger partial charge in [-0.1, -0.05) is 59.0 Å². The van der Waals surface area contributed by atoms with Crippen LogP contribution in [0.5, 0.6) is 0 Å². The Hall–Kier alpha value is -3.11. The van der Waals surface area contributed by atoms with Gasteiger partial charge in [0.15, 0.2) is 4.34 Å². The number of amides is 3. The summed E-state index contributed by atoms with van der Waals surface area (Å²) < 4.78 is 0.744. The molecule has 1 fully saturated rings. The average Bonchev–Trinajstić information content (AvgIpc) is 3.27. The molecule has 8 nitrogen and oxygen atoms in total. The normalized spacial score (nSPS) is 13.7. The number of benzene rings is 2. The van der Waals surface area contributed by atoms with Gasteiger partial charge >= 0.3 is 6.03 Å². The van der Waals surface area contributed by atoms with E-state index < -0.39 is 0 Å². The van der Waals surface area contributed by atoms with Gasteiger partial charge in [-0.3, -0.25) is 4.79 Å². The van der Waals surface area contributed by atoms with Crippen LogP contribution in [0.3, 0.4) is 0 Å². The van der Waals surface area contributed by atoms with Crippen molar-refractivity contribution < 1.29 is 9.59 Å². The molecule has 3 aromatic rings.